The number of urea groups is 1. The number of hydrazine groups is 1. The Bertz CT molecular complexity index is 364. The molecule has 1 aliphatic heterocycles. The van der Waals surface area contributed by atoms with Gasteiger partial charge in [-0.2, -0.15) is 5.10 Å². The Balaban J connectivity index is 1.79. The highest BCUT2D eigenvalue weighted by molar-refractivity contribution is 7.80. The average molecular weight is 269 g/mol. The predicted molar refractivity (Wildman–Crippen MR) is 74.1 cm³/mol. The van der Waals surface area contributed by atoms with Crippen molar-refractivity contribution in [2.24, 2.45) is 5.10 Å². The zero-order valence-corrected chi connectivity index (χ0v) is 11.3. The van der Waals surface area contributed by atoms with Crippen LogP contribution in [0.5, 0.6) is 0 Å². The number of thiocarbonyl (C=S) groups is 1. The normalized spacial score (nSPS) is 21.1. The van der Waals surface area contributed by atoms with E-state index < -0.39 is 0 Å². The van der Waals surface area contributed by atoms with Gasteiger partial charge in [0.25, 0.3) is 0 Å². The summed E-state index contributed by atoms with van der Waals surface area (Å²) in [7, 11) is 0. The van der Waals surface area contributed by atoms with Crippen LogP contribution < -0.4 is 16.2 Å². The third kappa shape index (κ3) is 3.56. The van der Waals surface area contributed by atoms with Crippen molar-refractivity contribution in [1.29, 1.82) is 0 Å². The first-order valence-corrected chi connectivity index (χ1v) is 6.74. The van der Waals surface area contributed by atoms with Gasteiger partial charge in [-0.3, -0.25) is 5.43 Å². The van der Waals surface area contributed by atoms with Crippen LogP contribution in [0, 0.1) is 0 Å². The second-order valence-electron chi connectivity index (χ2n) is 4.77. The van der Waals surface area contributed by atoms with Crippen LogP contribution in [-0.2, 0) is 0 Å². The molecular formula is C11H19N5OS. The zero-order chi connectivity index (χ0) is 13.0. The molecule has 0 aromatic heterocycles. The van der Waals surface area contributed by atoms with Gasteiger partial charge in [-0.25, -0.2) is 15.2 Å². The van der Waals surface area contributed by atoms with E-state index in [0.717, 1.165) is 18.6 Å². The smallest absolute Gasteiger partial charge is 0.356 e. The zero-order valence-electron chi connectivity index (χ0n) is 10.5. The van der Waals surface area contributed by atoms with Crippen molar-refractivity contribution >= 4 is 29.1 Å². The minimum absolute atomic E-state index is 0.284. The Morgan fingerprint density at radius 1 is 1.44 bits per heavy atom. The SMILES string of the molecule is CC1=NNC(=O)N(NC(=S)NC2CCCCC2)C1. The van der Waals surface area contributed by atoms with Crippen molar-refractivity contribution < 1.29 is 4.79 Å². The summed E-state index contributed by atoms with van der Waals surface area (Å²) in [4.78, 5) is 11.5. The molecule has 0 spiro atoms. The lowest BCUT2D eigenvalue weighted by molar-refractivity contribution is 0.191. The van der Waals surface area contributed by atoms with Gasteiger partial charge < -0.3 is 5.32 Å². The first-order chi connectivity index (χ1) is 8.65. The van der Waals surface area contributed by atoms with Gasteiger partial charge >= 0.3 is 6.03 Å². The summed E-state index contributed by atoms with van der Waals surface area (Å²) < 4.78 is 0. The summed E-state index contributed by atoms with van der Waals surface area (Å²) in [6.45, 7) is 2.30. The molecule has 0 unspecified atom stereocenters. The number of carbonyl (C=O) groups excluding carboxylic acids is 1. The summed E-state index contributed by atoms with van der Waals surface area (Å²) in [6.07, 6.45) is 6.10. The first-order valence-electron chi connectivity index (χ1n) is 6.33. The van der Waals surface area contributed by atoms with Crippen LogP contribution in [0.15, 0.2) is 5.10 Å². The molecule has 1 fully saturated rings. The molecule has 7 heteroatoms. The number of hydrazone groups is 1. The second-order valence-corrected chi connectivity index (χ2v) is 5.18. The molecule has 2 amide bonds. The van der Waals surface area contributed by atoms with Gasteiger partial charge in [-0.1, -0.05) is 19.3 Å². The third-order valence-electron chi connectivity index (χ3n) is 3.15. The predicted octanol–water partition coefficient (Wildman–Crippen LogP) is 1.10. The van der Waals surface area contributed by atoms with Gasteiger partial charge in [-0.05, 0) is 32.0 Å². The van der Waals surface area contributed by atoms with Crippen molar-refractivity contribution in [1.82, 2.24) is 21.2 Å². The molecule has 1 saturated carbocycles. The van der Waals surface area contributed by atoms with Gasteiger partial charge in [0.2, 0.25) is 0 Å². The van der Waals surface area contributed by atoms with Crippen molar-refractivity contribution in [3.63, 3.8) is 0 Å². The Hall–Kier alpha value is -1.37. The summed E-state index contributed by atoms with van der Waals surface area (Å²) in [5.74, 6) is 0. The molecule has 0 aromatic rings. The highest BCUT2D eigenvalue weighted by atomic mass is 32.1. The molecule has 0 saturated heterocycles. The van der Waals surface area contributed by atoms with Crippen molar-refractivity contribution in [3.05, 3.63) is 0 Å². The van der Waals surface area contributed by atoms with E-state index in [2.05, 4.69) is 21.3 Å². The Kier molecular flexibility index (Phi) is 4.35. The van der Waals surface area contributed by atoms with Crippen LogP contribution >= 0.6 is 12.2 Å². The summed E-state index contributed by atoms with van der Waals surface area (Å²) in [6, 6.07) is 0.148. The Morgan fingerprint density at radius 3 is 2.89 bits per heavy atom. The minimum Gasteiger partial charge on any atom is -0.359 e. The van der Waals surface area contributed by atoms with Crippen LogP contribution in [0.1, 0.15) is 39.0 Å². The molecule has 18 heavy (non-hydrogen) atoms. The van der Waals surface area contributed by atoms with E-state index in [4.69, 9.17) is 12.2 Å². The van der Waals surface area contributed by atoms with E-state index in [-0.39, 0.29) is 6.03 Å². The molecule has 0 aromatic carbocycles. The molecule has 1 heterocycles. The molecule has 1 aliphatic carbocycles. The van der Waals surface area contributed by atoms with Crippen LogP contribution in [0.4, 0.5) is 4.79 Å². The van der Waals surface area contributed by atoms with E-state index in [1.807, 2.05) is 6.92 Å². The van der Waals surface area contributed by atoms with Gasteiger partial charge in [0.1, 0.15) is 0 Å². The molecule has 0 bridgehead atoms. The standard InChI is InChI=1S/C11H19N5OS/c1-8-7-16(11(17)14-13-8)15-10(18)12-9-5-3-2-4-6-9/h9H,2-7H2,1H3,(H,14,17)(H2,12,15,18). The number of nitrogens with zero attached hydrogens (tertiary/aromatic N) is 2. The fraction of sp³-hybridized carbons (Fsp3) is 0.727. The van der Waals surface area contributed by atoms with E-state index in [1.165, 1.54) is 24.3 Å². The maximum absolute atomic E-state index is 11.5. The number of carbonyl (C=O) groups is 1. The molecule has 2 aliphatic rings. The number of rotatable bonds is 2. The van der Waals surface area contributed by atoms with Gasteiger partial charge in [-0.15, -0.1) is 0 Å². The maximum Gasteiger partial charge on any atom is 0.356 e. The van der Waals surface area contributed by atoms with Crippen LogP contribution in [0.25, 0.3) is 0 Å². The number of hydrogen-bond acceptors (Lipinski definition) is 3. The Labute approximate surface area is 112 Å². The molecule has 3 N–H and O–H groups in total. The fourth-order valence-corrected chi connectivity index (χ4v) is 2.49. The topological polar surface area (TPSA) is 68.8 Å². The fourth-order valence-electron chi connectivity index (χ4n) is 2.22. The highest BCUT2D eigenvalue weighted by Gasteiger charge is 2.20. The van der Waals surface area contributed by atoms with E-state index in [9.17, 15) is 4.79 Å². The lowest BCUT2D eigenvalue weighted by Crippen LogP contribution is -2.57. The van der Waals surface area contributed by atoms with Gasteiger partial charge in [0.15, 0.2) is 5.11 Å². The number of nitrogens with one attached hydrogen (secondary N) is 3. The number of hydrogen-bond donors (Lipinski definition) is 3. The van der Waals surface area contributed by atoms with Gasteiger partial charge in [0, 0.05) is 6.04 Å². The number of amides is 2. The average Bonchev–Trinajstić information content (AvgIpc) is 2.35. The second kappa shape index (κ2) is 5.99. The van der Waals surface area contributed by atoms with E-state index in [0.29, 0.717) is 17.7 Å². The molecular weight excluding hydrogens is 250 g/mol. The summed E-state index contributed by atoms with van der Waals surface area (Å²) >= 11 is 5.22. The minimum atomic E-state index is -0.284. The molecule has 0 atom stereocenters. The lowest BCUT2D eigenvalue weighted by atomic mass is 9.96. The maximum atomic E-state index is 11.5. The van der Waals surface area contributed by atoms with Gasteiger partial charge in [0.05, 0.1) is 12.3 Å². The molecule has 2 rings (SSSR count). The molecule has 100 valence electrons. The van der Waals surface area contributed by atoms with E-state index >= 15 is 0 Å². The first kappa shape index (κ1) is 13.1. The van der Waals surface area contributed by atoms with Crippen LogP contribution in [0.3, 0.4) is 0 Å². The van der Waals surface area contributed by atoms with Crippen molar-refractivity contribution in [3.8, 4) is 0 Å². The molecule has 6 nitrogen and oxygen atoms in total. The van der Waals surface area contributed by atoms with Crippen LogP contribution in [0.2, 0.25) is 0 Å². The summed E-state index contributed by atoms with van der Waals surface area (Å²) in [5, 5.41) is 9.05. The Morgan fingerprint density at radius 2 is 2.17 bits per heavy atom. The molecule has 0 radical (unpaired) electrons. The van der Waals surface area contributed by atoms with Crippen LogP contribution in [-0.4, -0.2) is 34.5 Å². The third-order valence-corrected chi connectivity index (χ3v) is 3.36. The van der Waals surface area contributed by atoms with E-state index in [1.54, 1.807) is 0 Å². The summed E-state index contributed by atoms with van der Waals surface area (Å²) in [5.41, 5.74) is 6.16. The largest absolute Gasteiger partial charge is 0.359 e. The van der Waals surface area contributed by atoms with Crippen molar-refractivity contribution in [2.75, 3.05) is 6.54 Å². The highest BCUT2D eigenvalue weighted by Crippen LogP contribution is 2.17. The van der Waals surface area contributed by atoms with Crippen molar-refractivity contribution in [2.45, 2.75) is 45.1 Å². The lowest BCUT2D eigenvalue weighted by Gasteiger charge is -2.29. The monoisotopic (exact) mass is 269 g/mol. The quantitative estimate of drug-likeness (QED) is 0.657.